The molecule has 0 fully saturated rings. The smallest absolute Gasteiger partial charge is 0.277 e. The standard InChI is InChI=1S/C26H19Br2N3O4S4.C16H15N3O2S3/c1-36-26-23(14-24(37-26)25(29)30)31(38(32,33)21-8-4-15-10-19(27)6-2-17(15)12-21)39(34,35)22-9-5-16-11-20(28)7-3-18(16)13-22;1-22-16-12(9-13(23-16)15(17)18)19-24(20,21)14-8-4-6-10-5-2-3-7-11(10)14/h2-14H,1H3,(H3,29,30);2-9,19H,1H3,(H3,17,18). The van der Waals surface area contributed by atoms with Crippen LogP contribution in [0.15, 0.2) is 159 Å². The van der Waals surface area contributed by atoms with Crippen LogP contribution in [0, 0.1) is 10.8 Å². The van der Waals surface area contributed by atoms with Gasteiger partial charge < -0.3 is 11.5 Å². The number of amidine groups is 2. The van der Waals surface area contributed by atoms with Gasteiger partial charge in [0.25, 0.3) is 30.1 Å². The van der Waals surface area contributed by atoms with Crippen molar-refractivity contribution in [1.29, 1.82) is 10.8 Å². The van der Waals surface area contributed by atoms with E-state index in [2.05, 4.69) is 36.6 Å². The summed E-state index contributed by atoms with van der Waals surface area (Å²) in [4.78, 5) is 0.649. The summed E-state index contributed by atoms with van der Waals surface area (Å²) in [6.45, 7) is 0. The largest absolute Gasteiger partial charge is 0.383 e. The Hall–Kier alpha value is -4.45. The summed E-state index contributed by atoms with van der Waals surface area (Å²) in [7, 11) is -13.1. The molecule has 0 bridgehead atoms. The molecule has 0 aliphatic heterocycles. The normalized spacial score (nSPS) is 11.9. The maximum Gasteiger partial charge on any atom is 0.277 e. The van der Waals surface area contributed by atoms with Crippen LogP contribution in [-0.2, 0) is 30.1 Å². The number of anilines is 2. The first-order valence-corrected chi connectivity index (χ1v) is 28.1. The molecule has 0 aliphatic rings. The molecule has 7 N–H and O–H groups in total. The number of thiophene rings is 2. The van der Waals surface area contributed by atoms with Gasteiger partial charge in [-0.3, -0.25) is 15.5 Å². The summed E-state index contributed by atoms with van der Waals surface area (Å²) in [6, 6.07) is 35.2. The van der Waals surface area contributed by atoms with E-state index in [0.717, 1.165) is 40.7 Å². The van der Waals surface area contributed by atoms with Gasteiger partial charge in [-0.05, 0) is 106 Å². The first kappa shape index (κ1) is 46.5. The molecular weight excluding hydrogens is 1070 g/mol. The van der Waals surface area contributed by atoms with Crippen LogP contribution in [0.2, 0.25) is 0 Å². The van der Waals surface area contributed by atoms with Crippen LogP contribution in [0.5, 0.6) is 0 Å². The van der Waals surface area contributed by atoms with Gasteiger partial charge >= 0.3 is 0 Å². The minimum Gasteiger partial charge on any atom is -0.383 e. The van der Waals surface area contributed by atoms with Gasteiger partial charge in [0.2, 0.25) is 0 Å². The summed E-state index contributed by atoms with van der Waals surface area (Å²) < 4.78 is 88.7. The van der Waals surface area contributed by atoms with E-state index in [1.54, 1.807) is 66.9 Å². The second-order valence-electron chi connectivity index (χ2n) is 13.4. The molecule has 8 rings (SSSR count). The molecule has 6 aromatic carbocycles. The number of benzene rings is 6. The highest BCUT2D eigenvalue weighted by Crippen LogP contribution is 2.43. The van der Waals surface area contributed by atoms with Gasteiger partial charge in [-0.25, -0.2) is 25.3 Å². The third kappa shape index (κ3) is 9.67. The number of hydrogen-bond acceptors (Lipinski definition) is 12. The van der Waals surface area contributed by atoms with E-state index in [4.69, 9.17) is 22.3 Å². The number of thioether (sulfide) groups is 2. The molecule has 0 saturated heterocycles. The molecule has 0 amide bonds. The molecule has 324 valence electrons. The zero-order valence-electron chi connectivity index (χ0n) is 32.8. The maximum atomic E-state index is 14.3. The Labute approximate surface area is 397 Å². The Balaban J connectivity index is 0.000000212. The fourth-order valence-corrected chi connectivity index (χ4v) is 15.9. The first-order chi connectivity index (χ1) is 29.8. The van der Waals surface area contributed by atoms with Gasteiger partial charge in [0.15, 0.2) is 0 Å². The SMILES string of the molecule is CSc1sc(C(=N)N)cc1N(S(=O)(=O)c1ccc2cc(Br)ccc2c1)S(=O)(=O)c1ccc2cc(Br)ccc2c1.CSc1sc(C(=N)N)cc1NS(=O)(=O)c1cccc2ccccc12. The van der Waals surface area contributed by atoms with E-state index in [-0.39, 0.29) is 36.9 Å². The molecule has 2 heterocycles. The zero-order chi connectivity index (χ0) is 45.4. The van der Waals surface area contributed by atoms with Crippen LogP contribution in [0.25, 0.3) is 32.3 Å². The number of hydrogen-bond donors (Lipinski definition) is 5. The van der Waals surface area contributed by atoms with Gasteiger partial charge in [-0.1, -0.05) is 92.5 Å². The van der Waals surface area contributed by atoms with Crippen molar-refractivity contribution in [3.05, 3.63) is 146 Å². The lowest BCUT2D eigenvalue weighted by atomic mass is 10.1. The number of nitrogens with zero attached hydrogens (tertiary/aromatic N) is 1. The quantitative estimate of drug-likeness (QED) is 0.0443. The average Bonchev–Trinajstić information content (AvgIpc) is 3.87. The highest BCUT2D eigenvalue weighted by molar-refractivity contribution is 9.10. The van der Waals surface area contributed by atoms with Crippen molar-refractivity contribution in [2.24, 2.45) is 11.5 Å². The van der Waals surface area contributed by atoms with Crippen molar-refractivity contribution in [2.75, 3.05) is 20.9 Å². The lowest BCUT2D eigenvalue weighted by molar-refractivity contribution is 0.584. The van der Waals surface area contributed by atoms with E-state index in [0.29, 0.717) is 34.6 Å². The van der Waals surface area contributed by atoms with Gasteiger partial charge in [0, 0.05) is 14.3 Å². The van der Waals surface area contributed by atoms with Crippen LogP contribution in [-0.4, -0.2) is 49.4 Å². The summed E-state index contributed by atoms with van der Waals surface area (Å²) in [5.41, 5.74) is 11.6. The van der Waals surface area contributed by atoms with Crippen molar-refractivity contribution < 1.29 is 25.3 Å². The fraction of sp³-hybridized carbons (Fsp3) is 0.0476. The minimum atomic E-state index is -4.66. The molecule has 63 heavy (non-hydrogen) atoms. The summed E-state index contributed by atoms with van der Waals surface area (Å²) >= 11 is 11.8. The number of rotatable bonds is 12. The van der Waals surface area contributed by atoms with E-state index in [9.17, 15) is 25.3 Å². The van der Waals surface area contributed by atoms with Crippen LogP contribution >= 0.6 is 78.1 Å². The number of sulfonamides is 3. The average molecular weight is 1100 g/mol. The van der Waals surface area contributed by atoms with Crippen LogP contribution in [0.3, 0.4) is 0 Å². The molecule has 0 spiro atoms. The van der Waals surface area contributed by atoms with Crippen molar-refractivity contribution in [2.45, 2.75) is 23.1 Å². The third-order valence-corrected chi connectivity index (χ3v) is 20.5. The molecule has 21 heteroatoms. The second-order valence-corrected chi connectivity index (χ2v) is 25.0. The third-order valence-electron chi connectivity index (χ3n) is 9.34. The highest BCUT2D eigenvalue weighted by Gasteiger charge is 2.40. The minimum absolute atomic E-state index is 0.0779. The molecule has 0 radical (unpaired) electrons. The van der Waals surface area contributed by atoms with Crippen LogP contribution in [0.1, 0.15) is 9.75 Å². The maximum absolute atomic E-state index is 14.3. The predicted molar refractivity (Wildman–Crippen MR) is 269 cm³/mol. The van der Waals surface area contributed by atoms with E-state index >= 15 is 0 Å². The van der Waals surface area contributed by atoms with Crippen LogP contribution < -0.4 is 19.9 Å². The lowest BCUT2D eigenvalue weighted by Gasteiger charge is -2.24. The fourth-order valence-electron chi connectivity index (χ4n) is 6.42. The number of nitrogen functional groups attached to an aromatic ring is 2. The number of fused-ring (bicyclic) bond motifs is 3. The first-order valence-electron chi connectivity index (χ1n) is 18.1. The van der Waals surface area contributed by atoms with Crippen molar-refractivity contribution >= 4 is 163 Å². The molecule has 0 atom stereocenters. The number of nitrogens with two attached hydrogens (primary N) is 2. The number of halogens is 2. The molecule has 0 aliphatic carbocycles. The summed E-state index contributed by atoms with van der Waals surface area (Å²) in [6.07, 6.45) is 3.56. The second kappa shape index (κ2) is 18.6. The molecular formula is C42H34Br2N6O6S7. The Morgan fingerprint density at radius 1 is 0.587 bits per heavy atom. The van der Waals surface area contributed by atoms with Crippen molar-refractivity contribution in [3.8, 4) is 0 Å². The molecule has 12 nitrogen and oxygen atoms in total. The van der Waals surface area contributed by atoms with E-state index < -0.39 is 30.1 Å². The van der Waals surface area contributed by atoms with Crippen molar-refractivity contribution in [1.82, 2.24) is 0 Å². The van der Waals surface area contributed by atoms with Gasteiger partial charge in [0.1, 0.15) is 11.7 Å². The molecule has 0 unspecified atom stereocenters. The van der Waals surface area contributed by atoms with E-state index in [1.807, 2.05) is 42.7 Å². The van der Waals surface area contributed by atoms with Crippen molar-refractivity contribution in [3.63, 3.8) is 0 Å². The topological polar surface area (TPSA) is 217 Å². The lowest BCUT2D eigenvalue weighted by Crippen LogP contribution is -2.37. The molecule has 2 aromatic heterocycles. The summed E-state index contributed by atoms with van der Waals surface area (Å²) in [5.74, 6) is -0.366. The Bertz CT molecular complexity index is 3350. The van der Waals surface area contributed by atoms with Gasteiger partial charge in [0.05, 0.1) is 44.2 Å². The molecule has 8 aromatic rings. The monoisotopic (exact) mass is 1100 g/mol. The van der Waals surface area contributed by atoms with Gasteiger partial charge in [-0.15, -0.1) is 46.2 Å². The zero-order valence-corrected chi connectivity index (χ0v) is 41.7. The van der Waals surface area contributed by atoms with Gasteiger partial charge in [-0.2, -0.15) is 3.71 Å². The summed E-state index contributed by atoms with van der Waals surface area (Å²) in [5, 5.41) is 19.8. The predicted octanol–water partition coefficient (Wildman–Crippen LogP) is 10.9. The Morgan fingerprint density at radius 2 is 1.06 bits per heavy atom. The van der Waals surface area contributed by atoms with Crippen LogP contribution in [0.4, 0.5) is 11.4 Å². The molecule has 0 saturated carbocycles. The number of nitrogens with one attached hydrogen (secondary N) is 3. The highest BCUT2D eigenvalue weighted by atomic mass is 79.9. The van der Waals surface area contributed by atoms with E-state index in [1.165, 1.54) is 65.2 Å². The Morgan fingerprint density at radius 3 is 1.60 bits per heavy atom. The Kier molecular flexibility index (Phi) is 13.7.